The number of ether oxygens (including phenoxy) is 1. The van der Waals surface area contributed by atoms with Crippen molar-refractivity contribution in [1.29, 1.82) is 0 Å². The van der Waals surface area contributed by atoms with E-state index < -0.39 is 12.6 Å². The molecular weight excluding hydrogens is 262 g/mol. The van der Waals surface area contributed by atoms with Gasteiger partial charge in [-0.05, 0) is 12.1 Å². The summed E-state index contributed by atoms with van der Waals surface area (Å²) in [6.07, 6.45) is 3.02. The number of amides is 1. The van der Waals surface area contributed by atoms with E-state index >= 15 is 0 Å². The maximum atomic E-state index is 12.0. The van der Waals surface area contributed by atoms with Crippen LogP contribution in [0.2, 0.25) is 0 Å². The van der Waals surface area contributed by atoms with Gasteiger partial charge >= 0.3 is 5.97 Å². The van der Waals surface area contributed by atoms with Crippen LogP contribution in [0.5, 0.6) is 5.75 Å². The Morgan fingerprint density at radius 1 is 1.40 bits per heavy atom. The molecule has 1 amide bonds. The molecule has 2 rings (SSSR count). The third-order valence-corrected chi connectivity index (χ3v) is 2.45. The number of carboxylic acids is 1. The molecule has 0 saturated carbocycles. The molecule has 0 aliphatic carbocycles. The van der Waals surface area contributed by atoms with Crippen molar-refractivity contribution in [3.63, 3.8) is 0 Å². The summed E-state index contributed by atoms with van der Waals surface area (Å²) >= 11 is 0. The number of para-hydroxylation sites is 2. The van der Waals surface area contributed by atoms with Gasteiger partial charge < -0.3 is 15.2 Å². The van der Waals surface area contributed by atoms with Gasteiger partial charge in [-0.15, -0.1) is 0 Å². The third kappa shape index (κ3) is 3.35. The molecule has 0 atom stereocenters. The van der Waals surface area contributed by atoms with E-state index in [1.54, 1.807) is 37.5 Å². The van der Waals surface area contributed by atoms with Gasteiger partial charge in [0.25, 0.3) is 5.91 Å². The first-order chi connectivity index (χ1) is 9.56. The van der Waals surface area contributed by atoms with Gasteiger partial charge in [-0.1, -0.05) is 12.1 Å². The second kappa shape index (κ2) is 5.87. The van der Waals surface area contributed by atoms with Crippen LogP contribution in [0.1, 0.15) is 10.4 Å². The van der Waals surface area contributed by atoms with E-state index in [0.717, 1.165) is 0 Å². The molecule has 0 unspecified atom stereocenters. The molecule has 0 saturated heterocycles. The van der Waals surface area contributed by atoms with E-state index in [2.05, 4.69) is 10.4 Å². The molecule has 0 radical (unpaired) electrons. The minimum Gasteiger partial charge on any atom is -0.480 e. The highest BCUT2D eigenvalue weighted by Crippen LogP contribution is 2.24. The van der Waals surface area contributed by atoms with E-state index in [0.29, 0.717) is 17.0 Å². The van der Waals surface area contributed by atoms with Gasteiger partial charge in [-0.3, -0.25) is 9.48 Å². The summed E-state index contributed by atoms with van der Waals surface area (Å²) in [5, 5.41) is 15.2. The van der Waals surface area contributed by atoms with Crippen molar-refractivity contribution in [2.75, 3.05) is 11.9 Å². The smallest absolute Gasteiger partial charge is 0.341 e. The molecule has 104 valence electrons. The van der Waals surface area contributed by atoms with Crippen molar-refractivity contribution in [3.05, 3.63) is 42.2 Å². The van der Waals surface area contributed by atoms with Crippen LogP contribution < -0.4 is 10.1 Å². The van der Waals surface area contributed by atoms with Gasteiger partial charge in [-0.2, -0.15) is 5.10 Å². The fourth-order valence-corrected chi connectivity index (χ4v) is 1.57. The number of rotatable bonds is 5. The molecule has 2 aromatic rings. The molecule has 1 aromatic carbocycles. The number of aliphatic carboxylic acids is 1. The van der Waals surface area contributed by atoms with Crippen LogP contribution in [0.4, 0.5) is 5.69 Å². The molecule has 7 heteroatoms. The maximum absolute atomic E-state index is 12.0. The van der Waals surface area contributed by atoms with Gasteiger partial charge in [0.15, 0.2) is 6.61 Å². The first kappa shape index (κ1) is 13.6. The average Bonchev–Trinajstić information content (AvgIpc) is 2.84. The van der Waals surface area contributed by atoms with Crippen LogP contribution in [0.15, 0.2) is 36.7 Å². The number of aryl methyl sites for hydroxylation is 1. The molecule has 2 N–H and O–H groups in total. The first-order valence-corrected chi connectivity index (χ1v) is 5.80. The number of nitrogens with zero attached hydrogens (tertiary/aromatic N) is 2. The van der Waals surface area contributed by atoms with E-state index in [-0.39, 0.29) is 5.91 Å². The fourth-order valence-electron chi connectivity index (χ4n) is 1.57. The molecule has 0 spiro atoms. The summed E-state index contributed by atoms with van der Waals surface area (Å²) in [5.41, 5.74) is 0.808. The second-order valence-electron chi connectivity index (χ2n) is 4.04. The van der Waals surface area contributed by atoms with E-state index in [4.69, 9.17) is 9.84 Å². The van der Waals surface area contributed by atoms with E-state index in [9.17, 15) is 9.59 Å². The molecule has 20 heavy (non-hydrogen) atoms. The number of hydrogen-bond donors (Lipinski definition) is 2. The summed E-state index contributed by atoms with van der Waals surface area (Å²) < 4.78 is 6.62. The number of aromatic nitrogens is 2. The zero-order valence-electron chi connectivity index (χ0n) is 10.7. The molecule has 0 bridgehead atoms. The Bertz CT molecular complexity index is 636. The van der Waals surface area contributed by atoms with Crippen LogP contribution in [0.3, 0.4) is 0 Å². The molecule has 0 aliphatic heterocycles. The molecule has 1 aromatic heterocycles. The Hall–Kier alpha value is -2.83. The highest BCUT2D eigenvalue weighted by Gasteiger charge is 2.11. The lowest BCUT2D eigenvalue weighted by atomic mass is 10.2. The van der Waals surface area contributed by atoms with Gasteiger partial charge in [0.2, 0.25) is 0 Å². The predicted molar refractivity (Wildman–Crippen MR) is 70.7 cm³/mol. The standard InChI is InChI=1S/C13H13N3O4/c1-16-7-9(6-14-16)13(19)15-10-4-2-3-5-11(10)20-8-12(17)18/h2-7H,8H2,1H3,(H,15,19)(H,17,18). The van der Waals surface area contributed by atoms with Crippen molar-refractivity contribution in [1.82, 2.24) is 9.78 Å². The number of carbonyl (C=O) groups is 2. The summed E-state index contributed by atoms with van der Waals surface area (Å²) in [6.45, 7) is -0.472. The third-order valence-electron chi connectivity index (χ3n) is 2.45. The average molecular weight is 275 g/mol. The molecule has 7 nitrogen and oxygen atoms in total. The molecule has 1 heterocycles. The number of anilines is 1. The number of nitrogens with one attached hydrogen (secondary N) is 1. The maximum Gasteiger partial charge on any atom is 0.341 e. The monoisotopic (exact) mass is 275 g/mol. The number of hydrogen-bond acceptors (Lipinski definition) is 4. The van der Waals surface area contributed by atoms with E-state index in [1.807, 2.05) is 0 Å². The zero-order valence-corrected chi connectivity index (χ0v) is 10.7. The van der Waals surface area contributed by atoms with Gasteiger partial charge in [0.1, 0.15) is 5.75 Å². The normalized spacial score (nSPS) is 10.1. The minimum atomic E-state index is -1.08. The van der Waals surface area contributed by atoms with Crippen LogP contribution in [-0.4, -0.2) is 33.4 Å². The SMILES string of the molecule is Cn1cc(C(=O)Nc2ccccc2OCC(=O)O)cn1. The quantitative estimate of drug-likeness (QED) is 0.853. The Morgan fingerprint density at radius 3 is 2.80 bits per heavy atom. The number of carbonyl (C=O) groups excluding carboxylic acids is 1. The number of carboxylic acid groups (broad SMARTS) is 1. The van der Waals surface area contributed by atoms with Gasteiger partial charge in [-0.25, -0.2) is 4.79 Å². The van der Waals surface area contributed by atoms with Crippen molar-refractivity contribution >= 4 is 17.6 Å². The fraction of sp³-hybridized carbons (Fsp3) is 0.154. The second-order valence-corrected chi connectivity index (χ2v) is 4.04. The Balaban J connectivity index is 2.12. The van der Waals surface area contributed by atoms with Crippen molar-refractivity contribution in [2.45, 2.75) is 0 Å². The Labute approximate surface area is 114 Å². The van der Waals surface area contributed by atoms with Gasteiger partial charge in [0.05, 0.1) is 17.4 Å². The lowest BCUT2D eigenvalue weighted by Gasteiger charge is -2.10. The first-order valence-electron chi connectivity index (χ1n) is 5.80. The Kier molecular flexibility index (Phi) is 3.99. The highest BCUT2D eigenvalue weighted by molar-refractivity contribution is 6.04. The van der Waals surface area contributed by atoms with Crippen LogP contribution in [0, 0.1) is 0 Å². The van der Waals surface area contributed by atoms with Crippen LogP contribution in [0.25, 0.3) is 0 Å². The summed E-state index contributed by atoms with van der Waals surface area (Å²) in [6, 6.07) is 6.62. The van der Waals surface area contributed by atoms with Gasteiger partial charge in [0, 0.05) is 13.2 Å². The summed E-state index contributed by atoms with van der Waals surface area (Å²) in [7, 11) is 1.71. The molecule has 0 fully saturated rings. The lowest BCUT2D eigenvalue weighted by molar-refractivity contribution is -0.139. The van der Waals surface area contributed by atoms with E-state index in [1.165, 1.54) is 10.9 Å². The van der Waals surface area contributed by atoms with Crippen LogP contribution >= 0.6 is 0 Å². The number of benzene rings is 1. The predicted octanol–water partition coefficient (Wildman–Crippen LogP) is 1.14. The Morgan fingerprint density at radius 2 is 2.15 bits per heavy atom. The lowest BCUT2D eigenvalue weighted by Crippen LogP contribution is -2.14. The highest BCUT2D eigenvalue weighted by atomic mass is 16.5. The zero-order chi connectivity index (χ0) is 14.5. The van der Waals surface area contributed by atoms with Crippen molar-refractivity contribution in [3.8, 4) is 5.75 Å². The van der Waals surface area contributed by atoms with Crippen LogP contribution in [-0.2, 0) is 11.8 Å². The molecule has 0 aliphatic rings. The van der Waals surface area contributed by atoms with Crippen molar-refractivity contribution in [2.24, 2.45) is 7.05 Å². The topological polar surface area (TPSA) is 93.5 Å². The minimum absolute atomic E-state index is 0.298. The van der Waals surface area contributed by atoms with Crippen molar-refractivity contribution < 1.29 is 19.4 Å². The summed E-state index contributed by atoms with van der Waals surface area (Å²) in [4.78, 5) is 22.5. The summed E-state index contributed by atoms with van der Waals surface area (Å²) in [5.74, 6) is -1.13. The largest absolute Gasteiger partial charge is 0.480 e. The molecular formula is C13H13N3O4.